The molecule has 0 radical (unpaired) electrons. The van der Waals surface area contributed by atoms with Gasteiger partial charge >= 0.3 is 6.18 Å². The summed E-state index contributed by atoms with van der Waals surface area (Å²) in [7, 11) is 2.14. The molecule has 1 unspecified atom stereocenters. The molecular formula is C30H30F4N6O. The molecule has 4 heterocycles. The number of carbonyl (C=O) groups excluding carboxylic acids is 1. The molecule has 3 aromatic heterocycles. The quantitative estimate of drug-likeness (QED) is 0.178. The van der Waals surface area contributed by atoms with E-state index in [1.165, 1.54) is 48.3 Å². The number of aliphatic imine (C=N–C) groups is 1. The van der Waals surface area contributed by atoms with Crippen molar-refractivity contribution < 1.29 is 22.4 Å². The largest absolute Gasteiger partial charge is 0.416 e. The summed E-state index contributed by atoms with van der Waals surface area (Å²) < 4.78 is 52.4. The van der Waals surface area contributed by atoms with E-state index in [1.54, 1.807) is 36.5 Å². The minimum Gasteiger partial charge on any atom is -0.404 e. The van der Waals surface area contributed by atoms with Crippen LogP contribution >= 0.6 is 0 Å². The van der Waals surface area contributed by atoms with Crippen LogP contribution in [0.5, 0.6) is 0 Å². The first-order valence-electron chi connectivity index (χ1n) is 13.0. The van der Waals surface area contributed by atoms with Crippen LogP contribution in [0.4, 0.5) is 17.6 Å². The van der Waals surface area contributed by atoms with Gasteiger partial charge in [0.15, 0.2) is 6.29 Å². The number of rotatable bonds is 6. The van der Waals surface area contributed by atoms with Gasteiger partial charge in [0, 0.05) is 35.8 Å². The Hall–Kier alpha value is -4.38. The average molecular weight is 567 g/mol. The van der Waals surface area contributed by atoms with E-state index in [2.05, 4.69) is 26.9 Å². The number of allylic oxidation sites excluding steroid dienone is 1. The highest BCUT2D eigenvalue weighted by atomic mass is 19.4. The van der Waals surface area contributed by atoms with Crippen molar-refractivity contribution in [3.63, 3.8) is 0 Å². The van der Waals surface area contributed by atoms with E-state index >= 15 is 0 Å². The number of benzene rings is 1. The van der Waals surface area contributed by atoms with Crippen molar-refractivity contribution in [1.29, 1.82) is 0 Å². The number of pyridine rings is 2. The predicted molar refractivity (Wildman–Crippen MR) is 151 cm³/mol. The number of carbonyl (C=O) groups is 1. The normalized spacial score (nSPS) is 16.5. The number of aldehydes is 1. The number of fused-ring (bicyclic) bond motifs is 1. The lowest BCUT2D eigenvalue weighted by Crippen LogP contribution is -2.38. The molecule has 0 aliphatic carbocycles. The van der Waals surface area contributed by atoms with Crippen LogP contribution in [0.2, 0.25) is 0 Å². The van der Waals surface area contributed by atoms with E-state index in [9.17, 15) is 22.4 Å². The van der Waals surface area contributed by atoms with Crippen LogP contribution in [0.25, 0.3) is 22.5 Å². The molecule has 1 aromatic carbocycles. The highest BCUT2D eigenvalue weighted by Crippen LogP contribution is 2.31. The van der Waals surface area contributed by atoms with E-state index in [0.717, 1.165) is 25.2 Å². The minimum absolute atomic E-state index is 0.0887. The van der Waals surface area contributed by atoms with Crippen LogP contribution in [0.1, 0.15) is 41.0 Å². The molecule has 7 nitrogen and oxygen atoms in total. The maximum atomic E-state index is 12.8. The van der Waals surface area contributed by atoms with Crippen LogP contribution in [0, 0.1) is 5.82 Å². The van der Waals surface area contributed by atoms with Crippen LogP contribution in [0.15, 0.2) is 78.2 Å². The Balaban J connectivity index is 0.000000189. The maximum Gasteiger partial charge on any atom is 0.416 e. The molecule has 4 aromatic rings. The Labute approximate surface area is 235 Å². The maximum absolute atomic E-state index is 12.8. The summed E-state index contributed by atoms with van der Waals surface area (Å²) >= 11 is 0. The van der Waals surface area contributed by atoms with E-state index in [-0.39, 0.29) is 17.2 Å². The van der Waals surface area contributed by atoms with E-state index in [0.29, 0.717) is 34.9 Å². The molecule has 1 aliphatic rings. The lowest BCUT2D eigenvalue weighted by molar-refractivity contribution is -0.137. The summed E-state index contributed by atoms with van der Waals surface area (Å²) in [5, 5.41) is 0. The third-order valence-corrected chi connectivity index (χ3v) is 6.82. The smallest absolute Gasteiger partial charge is 0.404 e. The lowest BCUT2D eigenvalue weighted by Gasteiger charge is -2.31. The Bertz CT molecular complexity index is 1510. The zero-order valence-electron chi connectivity index (χ0n) is 22.4. The SMILES string of the molecule is CN1CCCCC1CN=C/C(=C\N)c1ccc(F)cn1.O=Cc1c(-c2ccccc2)nc2cc(C(F)(F)F)ccn12. The van der Waals surface area contributed by atoms with E-state index < -0.39 is 11.7 Å². The van der Waals surface area contributed by atoms with Gasteiger partial charge in [-0.1, -0.05) is 36.8 Å². The summed E-state index contributed by atoms with van der Waals surface area (Å²) in [5.74, 6) is -0.356. The summed E-state index contributed by atoms with van der Waals surface area (Å²) in [6.07, 6.45) is 5.44. The Morgan fingerprint density at radius 3 is 2.56 bits per heavy atom. The van der Waals surface area contributed by atoms with Crippen LogP contribution in [-0.4, -0.2) is 57.9 Å². The van der Waals surface area contributed by atoms with E-state index in [1.807, 2.05) is 6.07 Å². The second-order valence-electron chi connectivity index (χ2n) is 9.58. The number of piperidine rings is 1. The topological polar surface area (TPSA) is 88.9 Å². The first-order valence-corrected chi connectivity index (χ1v) is 13.0. The van der Waals surface area contributed by atoms with Crippen molar-refractivity contribution in [3.8, 4) is 11.3 Å². The fraction of sp³-hybridized carbons (Fsp3) is 0.267. The van der Waals surface area contributed by atoms with Crippen molar-refractivity contribution >= 4 is 23.7 Å². The van der Waals surface area contributed by atoms with Crippen molar-refractivity contribution in [3.05, 3.63) is 96.0 Å². The molecule has 0 bridgehead atoms. The summed E-state index contributed by atoms with van der Waals surface area (Å²) in [6, 6.07) is 14.2. The number of nitrogens with zero attached hydrogens (tertiary/aromatic N) is 5. The molecule has 214 valence electrons. The number of likely N-dealkylation sites (tertiary alicyclic amines) is 1. The van der Waals surface area contributed by atoms with Gasteiger partial charge < -0.3 is 10.6 Å². The zero-order valence-corrected chi connectivity index (χ0v) is 22.4. The standard InChI is InChI=1S/C15H9F3N2O.C15H21FN4/c16-15(17,18)11-6-7-20-12(9-21)14(19-13(20)8-11)10-4-2-1-3-5-10;1-20-7-3-2-4-14(20)11-18-9-12(8-17)15-6-5-13(16)10-19-15/h1-9H;5-6,8-10,14H,2-4,7,11,17H2,1H3/b;12-8+,18-9?. The first-order chi connectivity index (χ1) is 19.7. The van der Waals surface area contributed by atoms with Gasteiger partial charge in [-0.3, -0.25) is 19.2 Å². The predicted octanol–water partition coefficient (Wildman–Crippen LogP) is 5.91. The monoisotopic (exact) mass is 566 g/mol. The van der Waals surface area contributed by atoms with Crippen LogP contribution in [0.3, 0.4) is 0 Å². The summed E-state index contributed by atoms with van der Waals surface area (Å²) in [5.41, 5.74) is 7.50. The van der Waals surface area contributed by atoms with Gasteiger partial charge in [-0.05, 0) is 50.7 Å². The number of hydrogen-bond acceptors (Lipinski definition) is 6. The van der Waals surface area contributed by atoms with Crippen molar-refractivity contribution in [2.24, 2.45) is 10.7 Å². The number of likely N-dealkylation sites (N-methyl/N-ethyl adjacent to an activating group) is 1. The molecule has 11 heteroatoms. The molecule has 1 saturated heterocycles. The molecule has 0 amide bonds. The van der Waals surface area contributed by atoms with Gasteiger partial charge in [0.05, 0.1) is 24.0 Å². The van der Waals surface area contributed by atoms with Crippen molar-refractivity contribution in [2.45, 2.75) is 31.5 Å². The van der Waals surface area contributed by atoms with Gasteiger partial charge in [0.2, 0.25) is 0 Å². The second kappa shape index (κ2) is 13.3. The van der Waals surface area contributed by atoms with Gasteiger partial charge in [-0.2, -0.15) is 13.2 Å². The first kappa shape index (κ1) is 29.6. The van der Waals surface area contributed by atoms with Gasteiger partial charge in [-0.25, -0.2) is 9.37 Å². The highest BCUT2D eigenvalue weighted by Gasteiger charge is 2.31. The molecule has 2 N–H and O–H groups in total. The number of nitrogens with two attached hydrogens (primary N) is 1. The average Bonchev–Trinajstić information content (AvgIpc) is 3.35. The molecule has 41 heavy (non-hydrogen) atoms. The fourth-order valence-corrected chi connectivity index (χ4v) is 4.55. The summed E-state index contributed by atoms with van der Waals surface area (Å²) in [6.45, 7) is 1.90. The molecule has 0 saturated carbocycles. The molecule has 0 spiro atoms. The molecule has 5 rings (SSSR count). The molecule has 1 fully saturated rings. The van der Waals surface area contributed by atoms with Crippen molar-refractivity contribution in [2.75, 3.05) is 20.1 Å². The lowest BCUT2D eigenvalue weighted by atomic mass is 10.0. The molecular weight excluding hydrogens is 536 g/mol. The highest BCUT2D eigenvalue weighted by molar-refractivity contribution is 6.08. The minimum atomic E-state index is -4.44. The fourth-order valence-electron chi connectivity index (χ4n) is 4.55. The Morgan fingerprint density at radius 2 is 1.93 bits per heavy atom. The van der Waals surface area contributed by atoms with Gasteiger partial charge in [-0.15, -0.1) is 0 Å². The molecule has 1 aliphatic heterocycles. The second-order valence-corrected chi connectivity index (χ2v) is 9.58. The number of halogens is 4. The third kappa shape index (κ3) is 7.43. The Morgan fingerprint density at radius 1 is 1.15 bits per heavy atom. The number of hydrogen-bond donors (Lipinski definition) is 1. The number of imidazole rings is 1. The van der Waals surface area contributed by atoms with Gasteiger partial charge in [0.1, 0.15) is 22.9 Å². The van der Waals surface area contributed by atoms with Crippen molar-refractivity contribution in [1.82, 2.24) is 19.3 Å². The number of aromatic nitrogens is 3. The van der Waals surface area contributed by atoms with Gasteiger partial charge in [0.25, 0.3) is 0 Å². The third-order valence-electron chi connectivity index (χ3n) is 6.82. The summed E-state index contributed by atoms with van der Waals surface area (Å²) in [4.78, 5) is 26.3. The molecule has 1 atom stereocenters. The Kier molecular flexibility index (Phi) is 9.61. The number of alkyl halides is 3. The zero-order chi connectivity index (χ0) is 29.4. The van der Waals surface area contributed by atoms with Crippen LogP contribution in [-0.2, 0) is 6.18 Å². The van der Waals surface area contributed by atoms with E-state index in [4.69, 9.17) is 5.73 Å². The van der Waals surface area contributed by atoms with Crippen LogP contribution < -0.4 is 5.73 Å².